The van der Waals surface area contributed by atoms with Crippen LogP contribution in [0.15, 0.2) is 65.6 Å². The van der Waals surface area contributed by atoms with E-state index >= 15 is 0 Å². The first-order valence-electron chi connectivity index (χ1n) is 5.48. The zero-order chi connectivity index (χ0) is 12.8. The predicted octanol–water partition coefficient (Wildman–Crippen LogP) is 3.72. The van der Waals surface area contributed by atoms with Crippen molar-refractivity contribution in [1.29, 1.82) is 0 Å². The molecule has 0 heterocycles. The molecule has 18 heavy (non-hydrogen) atoms. The van der Waals surface area contributed by atoms with E-state index in [1.807, 2.05) is 30.3 Å². The maximum atomic E-state index is 11.7. The number of rotatable bonds is 3. The van der Waals surface area contributed by atoms with Gasteiger partial charge in [-0.05, 0) is 47.7 Å². The molecule has 0 radical (unpaired) electrons. The summed E-state index contributed by atoms with van der Waals surface area (Å²) in [4.78, 5) is 12.6. The molecular formula is C15H12O2S. The lowest BCUT2D eigenvalue weighted by atomic mass is 10.2. The molecule has 0 aliphatic carbocycles. The highest BCUT2D eigenvalue weighted by Crippen LogP contribution is 2.19. The van der Waals surface area contributed by atoms with Gasteiger partial charge in [0, 0.05) is 4.90 Å². The zero-order valence-corrected chi connectivity index (χ0v) is 10.4. The summed E-state index contributed by atoms with van der Waals surface area (Å²) in [7, 11) is 0. The van der Waals surface area contributed by atoms with Crippen LogP contribution in [0.1, 0.15) is 5.56 Å². The summed E-state index contributed by atoms with van der Waals surface area (Å²) in [6.07, 6.45) is 3.27. The van der Waals surface area contributed by atoms with Gasteiger partial charge in [0.1, 0.15) is 5.75 Å². The van der Waals surface area contributed by atoms with Gasteiger partial charge in [-0.1, -0.05) is 36.4 Å². The van der Waals surface area contributed by atoms with E-state index in [4.69, 9.17) is 5.11 Å². The Morgan fingerprint density at radius 3 is 2.33 bits per heavy atom. The molecule has 0 spiro atoms. The average molecular weight is 256 g/mol. The van der Waals surface area contributed by atoms with Gasteiger partial charge in [0.05, 0.1) is 0 Å². The fourth-order valence-electron chi connectivity index (χ4n) is 1.39. The van der Waals surface area contributed by atoms with Crippen molar-refractivity contribution >= 4 is 23.0 Å². The second kappa shape index (κ2) is 6.07. The maximum Gasteiger partial charge on any atom is 0.216 e. The second-order valence-corrected chi connectivity index (χ2v) is 4.74. The first-order chi connectivity index (χ1) is 8.74. The number of thioether (sulfide) groups is 1. The van der Waals surface area contributed by atoms with Gasteiger partial charge in [0.15, 0.2) is 0 Å². The largest absolute Gasteiger partial charge is 0.508 e. The van der Waals surface area contributed by atoms with E-state index in [1.165, 1.54) is 17.8 Å². The Kier molecular flexibility index (Phi) is 4.20. The Balaban J connectivity index is 1.97. The summed E-state index contributed by atoms with van der Waals surface area (Å²) in [5, 5.41) is 9.11. The molecule has 2 aromatic carbocycles. The number of carbonyl (C=O) groups excluding carboxylic acids is 1. The summed E-state index contributed by atoms with van der Waals surface area (Å²) >= 11 is 1.19. The monoisotopic (exact) mass is 256 g/mol. The fraction of sp³-hybridized carbons (Fsp3) is 0. The number of phenolic OH excluding ortho intramolecular Hbond substituents is 1. The molecule has 0 aliphatic rings. The molecule has 0 aliphatic heterocycles. The third kappa shape index (κ3) is 3.79. The van der Waals surface area contributed by atoms with Gasteiger partial charge >= 0.3 is 0 Å². The molecule has 1 N–H and O–H groups in total. The molecule has 2 nitrogen and oxygen atoms in total. The van der Waals surface area contributed by atoms with Gasteiger partial charge in [-0.15, -0.1) is 0 Å². The third-order valence-electron chi connectivity index (χ3n) is 2.27. The Morgan fingerprint density at radius 1 is 1.00 bits per heavy atom. The van der Waals surface area contributed by atoms with E-state index in [-0.39, 0.29) is 10.9 Å². The normalized spacial score (nSPS) is 10.7. The number of benzene rings is 2. The van der Waals surface area contributed by atoms with E-state index in [0.717, 1.165) is 10.5 Å². The quantitative estimate of drug-likeness (QED) is 0.671. The summed E-state index contributed by atoms with van der Waals surface area (Å²) in [5.74, 6) is 0.220. The number of hydrogen-bond donors (Lipinski definition) is 1. The molecule has 0 amide bonds. The summed E-state index contributed by atoms with van der Waals surface area (Å²) in [6.45, 7) is 0. The van der Waals surface area contributed by atoms with Crippen molar-refractivity contribution in [2.24, 2.45) is 0 Å². The van der Waals surface area contributed by atoms with Crippen molar-refractivity contribution in [3.05, 3.63) is 66.2 Å². The van der Waals surface area contributed by atoms with Crippen molar-refractivity contribution in [2.75, 3.05) is 0 Å². The Hall–Kier alpha value is -2.00. The minimum Gasteiger partial charge on any atom is -0.508 e. The fourth-order valence-corrected chi connectivity index (χ4v) is 2.05. The predicted molar refractivity (Wildman–Crippen MR) is 74.4 cm³/mol. The van der Waals surface area contributed by atoms with Crippen molar-refractivity contribution in [3.63, 3.8) is 0 Å². The minimum absolute atomic E-state index is 0.0192. The van der Waals surface area contributed by atoms with Crippen molar-refractivity contribution in [1.82, 2.24) is 0 Å². The highest BCUT2D eigenvalue weighted by molar-refractivity contribution is 8.14. The first kappa shape index (κ1) is 12.5. The van der Waals surface area contributed by atoms with Crippen LogP contribution in [0.25, 0.3) is 6.08 Å². The number of carbonyl (C=O) groups is 1. The average Bonchev–Trinajstić information content (AvgIpc) is 2.39. The van der Waals surface area contributed by atoms with Crippen LogP contribution >= 0.6 is 11.8 Å². The molecule has 0 atom stereocenters. The van der Waals surface area contributed by atoms with Crippen LogP contribution < -0.4 is 0 Å². The van der Waals surface area contributed by atoms with Crippen LogP contribution in [-0.2, 0) is 4.79 Å². The van der Waals surface area contributed by atoms with E-state index in [2.05, 4.69) is 0 Å². The van der Waals surface area contributed by atoms with Crippen LogP contribution in [0.2, 0.25) is 0 Å². The highest BCUT2D eigenvalue weighted by atomic mass is 32.2. The van der Waals surface area contributed by atoms with Crippen molar-refractivity contribution in [2.45, 2.75) is 4.90 Å². The topological polar surface area (TPSA) is 37.3 Å². The van der Waals surface area contributed by atoms with E-state index in [1.54, 1.807) is 30.3 Å². The highest BCUT2D eigenvalue weighted by Gasteiger charge is 1.99. The van der Waals surface area contributed by atoms with Gasteiger partial charge in [-0.2, -0.15) is 0 Å². The van der Waals surface area contributed by atoms with Crippen LogP contribution in [0.5, 0.6) is 5.75 Å². The lowest BCUT2D eigenvalue weighted by Crippen LogP contribution is -1.84. The molecule has 0 fully saturated rings. The van der Waals surface area contributed by atoms with Crippen LogP contribution in [0.4, 0.5) is 0 Å². The molecule has 0 saturated heterocycles. The maximum absolute atomic E-state index is 11.7. The van der Waals surface area contributed by atoms with Crippen molar-refractivity contribution < 1.29 is 9.90 Å². The van der Waals surface area contributed by atoms with E-state index in [0.29, 0.717) is 0 Å². The Morgan fingerprint density at radius 2 is 1.67 bits per heavy atom. The van der Waals surface area contributed by atoms with Gasteiger partial charge in [-0.3, -0.25) is 4.79 Å². The molecule has 0 saturated carbocycles. The molecule has 2 aromatic rings. The molecule has 90 valence electrons. The zero-order valence-electron chi connectivity index (χ0n) is 9.61. The standard InChI is InChI=1S/C15H12O2S/c16-13-9-6-12(7-10-13)8-11-15(17)18-14-4-2-1-3-5-14/h1-11,16H/b11-8+. The molecular weight excluding hydrogens is 244 g/mol. The molecule has 2 rings (SSSR count). The number of phenols is 1. The number of hydrogen-bond acceptors (Lipinski definition) is 3. The van der Waals surface area contributed by atoms with Gasteiger partial charge in [0.2, 0.25) is 5.12 Å². The molecule has 0 bridgehead atoms. The second-order valence-electron chi connectivity index (χ2n) is 3.66. The van der Waals surface area contributed by atoms with Gasteiger partial charge in [0.25, 0.3) is 0 Å². The third-order valence-corrected chi connectivity index (χ3v) is 3.11. The van der Waals surface area contributed by atoms with E-state index in [9.17, 15) is 4.79 Å². The first-order valence-corrected chi connectivity index (χ1v) is 6.30. The van der Waals surface area contributed by atoms with Crippen molar-refractivity contribution in [3.8, 4) is 5.75 Å². The van der Waals surface area contributed by atoms with Gasteiger partial charge in [-0.25, -0.2) is 0 Å². The Labute approximate surface area is 110 Å². The van der Waals surface area contributed by atoms with Crippen LogP contribution in [0, 0.1) is 0 Å². The van der Waals surface area contributed by atoms with Crippen LogP contribution in [0.3, 0.4) is 0 Å². The summed E-state index contributed by atoms with van der Waals surface area (Å²) in [6, 6.07) is 16.2. The smallest absolute Gasteiger partial charge is 0.216 e. The molecule has 0 unspecified atom stereocenters. The SMILES string of the molecule is O=C(/C=C/c1ccc(O)cc1)Sc1ccccc1. The Bertz CT molecular complexity index is 544. The van der Waals surface area contributed by atoms with E-state index < -0.39 is 0 Å². The molecule has 0 aromatic heterocycles. The minimum atomic E-state index is -0.0192. The van der Waals surface area contributed by atoms with Gasteiger partial charge < -0.3 is 5.11 Å². The van der Waals surface area contributed by atoms with Crippen LogP contribution in [-0.4, -0.2) is 10.2 Å². The molecule has 3 heteroatoms. The summed E-state index contributed by atoms with van der Waals surface area (Å²) < 4.78 is 0. The lowest BCUT2D eigenvalue weighted by molar-refractivity contribution is -0.106. The summed E-state index contributed by atoms with van der Waals surface area (Å²) in [5.41, 5.74) is 0.884. The lowest BCUT2D eigenvalue weighted by Gasteiger charge is -1.96. The number of aromatic hydroxyl groups is 1.